The molecule has 0 N–H and O–H groups in total. The summed E-state index contributed by atoms with van der Waals surface area (Å²) in [7, 11) is 0. The average Bonchev–Trinajstić information content (AvgIpc) is 3.97. The van der Waals surface area contributed by atoms with E-state index in [9.17, 15) is 0 Å². The van der Waals surface area contributed by atoms with Crippen LogP contribution in [0.1, 0.15) is 25.0 Å². The van der Waals surface area contributed by atoms with Crippen LogP contribution in [0, 0.1) is 0 Å². The van der Waals surface area contributed by atoms with Gasteiger partial charge < -0.3 is 13.9 Å². The zero-order chi connectivity index (χ0) is 42.5. The number of hydrogen-bond acceptors (Lipinski definition) is 2. The molecule has 64 heavy (non-hydrogen) atoms. The van der Waals surface area contributed by atoms with Gasteiger partial charge in [0.1, 0.15) is 11.2 Å². The van der Waals surface area contributed by atoms with E-state index in [0.717, 1.165) is 50.1 Å². The molecule has 12 aromatic rings. The summed E-state index contributed by atoms with van der Waals surface area (Å²) in [4.78, 5) is 2.40. The summed E-state index contributed by atoms with van der Waals surface area (Å²) in [5.41, 5.74) is 18.5. The van der Waals surface area contributed by atoms with E-state index < -0.39 is 0 Å². The zero-order valence-electron chi connectivity index (χ0n) is 35.6. The second-order valence-corrected chi connectivity index (χ2v) is 17.7. The molecule has 0 unspecified atom stereocenters. The normalized spacial score (nSPS) is 13.0. The fourth-order valence-electron chi connectivity index (χ4n) is 10.7. The van der Waals surface area contributed by atoms with Gasteiger partial charge in [-0.15, -0.1) is 0 Å². The van der Waals surface area contributed by atoms with Gasteiger partial charge in [-0.1, -0.05) is 166 Å². The van der Waals surface area contributed by atoms with E-state index in [-0.39, 0.29) is 5.41 Å². The number of aromatic nitrogens is 1. The smallest absolute Gasteiger partial charge is 0.143 e. The van der Waals surface area contributed by atoms with Crippen molar-refractivity contribution in [2.75, 3.05) is 4.90 Å². The minimum Gasteiger partial charge on any atom is -0.455 e. The van der Waals surface area contributed by atoms with Crippen LogP contribution in [0.2, 0.25) is 0 Å². The summed E-state index contributed by atoms with van der Waals surface area (Å²) in [5.74, 6) is 0. The summed E-state index contributed by atoms with van der Waals surface area (Å²) < 4.78 is 8.89. The Balaban J connectivity index is 0.918. The molecular weight excluding hydrogens is 777 g/mol. The molecule has 0 radical (unpaired) electrons. The second-order valence-electron chi connectivity index (χ2n) is 17.7. The highest BCUT2D eigenvalue weighted by molar-refractivity contribution is 6.12. The molecule has 302 valence electrons. The molecule has 10 aromatic carbocycles. The third-order valence-electron chi connectivity index (χ3n) is 13.8. The maximum absolute atomic E-state index is 6.46. The van der Waals surface area contributed by atoms with Crippen molar-refractivity contribution in [2.24, 2.45) is 0 Å². The number of anilines is 3. The van der Waals surface area contributed by atoms with Crippen molar-refractivity contribution < 1.29 is 4.42 Å². The third-order valence-corrected chi connectivity index (χ3v) is 13.8. The summed E-state index contributed by atoms with van der Waals surface area (Å²) in [6.07, 6.45) is 0. The van der Waals surface area contributed by atoms with Gasteiger partial charge in [0.15, 0.2) is 0 Å². The summed E-state index contributed by atoms with van der Waals surface area (Å²) in [6, 6.07) is 79.7. The van der Waals surface area contributed by atoms with E-state index in [1.54, 1.807) is 0 Å². The lowest BCUT2D eigenvalue weighted by Gasteiger charge is -2.28. The van der Waals surface area contributed by atoms with Crippen LogP contribution in [0.25, 0.3) is 93.6 Å². The van der Waals surface area contributed by atoms with Crippen LogP contribution in [-0.2, 0) is 5.41 Å². The predicted molar refractivity (Wildman–Crippen MR) is 269 cm³/mol. The van der Waals surface area contributed by atoms with Gasteiger partial charge in [-0.2, -0.15) is 0 Å². The number of hydrogen-bond donors (Lipinski definition) is 0. The SMILES string of the molecule is CC1(C)c2ccccc2-c2ccc(N(c3ccc(-c4ccc5c(c4)c4ccccc4n5-c4cccc5ccccc45)cc3)c3ccc(-c4cccc5c4oc4ccccc45)cc3)cc21. The van der Waals surface area contributed by atoms with Crippen molar-refractivity contribution in [3.05, 3.63) is 230 Å². The fraction of sp³-hybridized carbons (Fsp3) is 0.0492. The van der Waals surface area contributed by atoms with Gasteiger partial charge in [-0.25, -0.2) is 0 Å². The number of furan rings is 1. The molecular formula is C61H42N2O. The summed E-state index contributed by atoms with van der Waals surface area (Å²) in [6.45, 7) is 4.70. The lowest BCUT2D eigenvalue weighted by atomic mass is 9.82. The first-order valence-electron chi connectivity index (χ1n) is 22.2. The molecule has 1 aliphatic rings. The van der Waals surface area contributed by atoms with Crippen molar-refractivity contribution in [1.82, 2.24) is 4.57 Å². The Kier molecular flexibility index (Phi) is 7.95. The highest BCUT2D eigenvalue weighted by atomic mass is 16.3. The standard InChI is InChI=1S/C61H42N2O/c1-61(2)54-21-8-5-16-48(54)49-35-34-45(38-55(49)61)62(44-32-27-41(28-33-44)47-19-12-20-52-51-18-7-10-24-59(51)64-60(47)52)43-30-25-39(26-31-43)42-29-36-58-53(37-42)50-17-6-9-22-57(50)63(58)56-23-11-14-40-13-3-4-15-46(40)56/h3-38H,1-2H3. The Morgan fingerprint density at radius 1 is 0.391 bits per heavy atom. The quantitative estimate of drug-likeness (QED) is 0.167. The van der Waals surface area contributed by atoms with Crippen LogP contribution in [0.4, 0.5) is 17.1 Å². The van der Waals surface area contributed by atoms with Gasteiger partial charge in [0.25, 0.3) is 0 Å². The first kappa shape index (κ1) is 36.5. The van der Waals surface area contributed by atoms with E-state index in [1.807, 2.05) is 12.1 Å². The molecule has 0 atom stereocenters. The van der Waals surface area contributed by atoms with Crippen LogP contribution in [0.3, 0.4) is 0 Å². The Bertz CT molecular complexity index is 3810. The van der Waals surface area contributed by atoms with Crippen LogP contribution in [0.5, 0.6) is 0 Å². The van der Waals surface area contributed by atoms with Gasteiger partial charge in [0, 0.05) is 55.0 Å². The van der Waals surface area contributed by atoms with E-state index in [1.165, 1.54) is 71.6 Å². The minimum atomic E-state index is -0.123. The van der Waals surface area contributed by atoms with Crippen molar-refractivity contribution >= 4 is 71.6 Å². The average molecular weight is 819 g/mol. The molecule has 2 heterocycles. The van der Waals surface area contributed by atoms with Gasteiger partial charge in [-0.05, 0) is 111 Å². The highest BCUT2D eigenvalue weighted by Gasteiger charge is 2.35. The number of benzene rings is 10. The lowest BCUT2D eigenvalue weighted by molar-refractivity contribution is 0.660. The highest BCUT2D eigenvalue weighted by Crippen LogP contribution is 2.51. The fourth-order valence-corrected chi connectivity index (χ4v) is 10.7. The van der Waals surface area contributed by atoms with Gasteiger partial charge >= 0.3 is 0 Å². The third kappa shape index (κ3) is 5.47. The van der Waals surface area contributed by atoms with Crippen LogP contribution >= 0.6 is 0 Å². The number of nitrogens with zero attached hydrogens (tertiary/aromatic N) is 2. The number of rotatable bonds is 6. The Morgan fingerprint density at radius 2 is 0.984 bits per heavy atom. The molecule has 3 heteroatoms. The van der Waals surface area contributed by atoms with Crippen LogP contribution < -0.4 is 4.90 Å². The molecule has 0 bridgehead atoms. The monoisotopic (exact) mass is 818 g/mol. The molecule has 0 fully saturated rings. The number of fused-ring (bicyclic) bond motifs is 10. The Labute approximate surface area is 371 Å². The summed E-state index contributed by atoms with van der Waals surface area (Å²) >= 11 is 0. The van der Waals surface area contributed by atoms with Gasteiger partial charge in [-0.3, -0.25) is 0 Å². The van der Waals surface area contributed by atoms with Crippen molar-refractivity contribution in [3.8, 4) is 39.1 Å². The molecule has 0 spiro atoms. The summed E-state index contributed by atoms with van der Waals surface area (Å²) in [5, 5.41) is 7.24. The molecule has 1 aliphatic carbocycles. The molecule has 13 rings (SSSR count). The van der Waals surface area contributed by atoms with E-state index in [4.69, 9.17) is 4.42 Å². The topological polar surface area (TPSA) is 21.3 Å². The Hall–Kier alpha value is -8.14. The molecule has 0 saturated carbocycles. The minimum absolute atomic E-state index is 0.123. The molecule has 2 aromatic heterocycles. The van der Waals surface area contributed by atoms with E-state index >= 15 is 0 Å². The van der Waals surface area contributed by atoms with Crippen LogP contribution in [-0.4, -0.2) is 4.57 Å². The molecule has 0 aliphatic heterocycles. The van der Waals surface area contributed by atoms with Gasteiger partial charge in [0.2, 0.25) is 0 Å². The van der Waals surface area contributed by atoms with E-state index in [2.05, 4.69) is 230 Å². The van der Waals surface area contributed by atoms with Crippen LogP contribution in [0.15, 0.2) is 223 Å². The molecule has 0 saturated heterocycles. The molecule has 3 nitrogen and oxygen atoms in total. The molecule has 0 amide bonds. The first-order chi connectivity index (χ1) is 31.5. The van der Waals surface area contributed by atoms with E-state index in [0.29, 0.717) is 0 Å². The van der Waals surface area contributed by atoms with Crippen molar-refractivity contribution in [3.63, 3.8) is 0 Å². The Morgan fingerprint density at radius 3 is 1.83 bits per heavy atom. The second kappa shape index (κ2) is 13.9. The maximum Gasteiger partial charge on any atom is 0.143 e. The lowest BCUT2D eigenvalue weighted by Crippen LogP contribution is -2.16. The zero-order valence-corrected chi connectivity index (χ0v) is 35.6. The van der Waals surface area contributed by atoms with Crippen molar-refractivity contribution in [1.29, 1.82) is 0 Å². The van der Waals surface area contributed by atoms with Gasteiger partial charge in [0.05, 0.1) is 16.7 Å². The first-order valence-corrected chi connectivity index (χ1v) is 22.2. The number of para-hydroxylation sites is 3. The largest absolute Gasteiger partial charge is 0.455 e. The maximum atomic E-state index is 6.46. The van der Waals surface area contributed by atoms with Crippen molar-refractivity contribution in [2.45, 2.75) is 19.3 Å². The predicted octanol–water partition coefficient (Wildman–Crippen LogP) is 16.9.